The summed E-state index contributed by atoms with van der Waals surface area (Å²) >= 11 is 0. The molecule has 0 heterocycles. The van der Waals surface area contributed by atoms with Gasteiger partial charge in [-0.25, -0.2) is 24.3 Å². The van der Waals surface area contributed by atoms with Gasteiger partial charge in [0.1, 0.15) is 0 Å². The van der Waals surface area contributed by atoms with Crippen LogP contribution in [0.1, 0.15) is 66.7 Å². The van der Waals surface area contributed by atoms with E-state index in [0.717, 1.165) is 25.7 Å². The second kappa shape index (κ2) is 33.7. The molecule has 0 aliphatic heterocycles. The molecule has 2 rings (SSSR count). The van der Waals surface area contributed by atoms with Gasteiger partial charge in [-0.05, 0) is 12.8 Å². The quantitative estimate of drug-likeness (QED) is 0.372. The fraction of sp³-hybridized carbons (Fsp3) is 0.476. The van der Waals surface area contributed by atoms with Crippen molar-refractivity contribution in [1.29, 1.82) is 0 Å². The number of allylic oxidation sites excluding steroid dienone is 8. The second-order valence-corrected chi connectivity index (χ2v) is 4.69. The zero-order chi connectivity index (χ0) is 18.2. The van der Waals surface area contributed by atoms with Gasteiger partial charge in [0.15, 0.2) is 0 Å². The van der Waals surface area contributed by atoms with Gasteiger partial charge in [0.05, 0.1) is 0 Å². The Morgan fingerprint density at radius 1 is 1.00 bits per heavy atom. The maximum absolute atomic E-state index is 9.87. The molecule has 24 heavy (non-hydrogen) atoms. The van der Waals surface area contributed by atoms with E-state index in [-0.39, 0.29) is 22.4 Å². The summed E-state index contributed by atoms with van der Waals surface area (Å²) < 4.78 is 0. The van der Waals surface area contributed by atoms with Gasteiger partial charge in [-0.3, -0.25) is 12.2 Å². The summed E-state index contributed by atoms with van der Waals surface area (Å²) in [6.07, 6.45) is 26.3. The van der Waals surface area contributed by atoms with Gasteiger partial charge in [-0.1, -0.05) is 13.3 Å². The van der Waals surface area contributed by atoms with Crippen molar-refractivity contribution in [2.75, 3.05) is 0 Å². The minimum Gasteiger partial charge on any atom is -0.668 e. The predicted octanol–water partition coefficient (Wildman–Crippen LogP) is 6.83. The largest absolute Gasteiger partial charge is 5.00 e. The van der Waals surface area contributed by atoms with Crippen LogP contribution in [0.5, 0.6) is 0 Å². The summed E-state index contributed by atoms with van der Waals surface area (Å²) in [5.41, 5.74) is 6.44. The number of nitrogens with one attached hydrogen (secondary N) is 1. The third-order valence-electron chi connectivity index (χ3n) is 1.93. The Morgan fingerprint density at radius 2 is 1.38 bits per heavy atom. The maximum atomic E-state index is 9.87. The van der Waals surface area contributed by atoms with Crippen LogP contribution in [-0.4, -0.2) is 5.91 Å². The number of carbonyl (C=O) groups excluding carboxylic acids is 1. The van der Waals surface area contributed by atoms with Gasteiger partial charge in [0.2, 0.25) is 0 Å². The Balaban J connectivity index is -0.000000107. The van der Waals surface area contributed by atoms with Crippen LogP contribution in [0.4, 0.5) is 0 Å². The summed E-state index contributed by atoms with van der Waals surface area (Å²) in [5.74, 6) is -0.443. The van der Waals surface area contributed by atoms with Crippen molar-refractivity contribution < 1.29 is 27.2 Å². The number of carbonyl (C=O) groups is 1. The first-order chi connectivity index (χ1) is 11.1. The van der Waals surface area contributed by atoms with Crippen LogP contribution in [0.25, 0.3) is 5.73 Å². The molecule has 0 unspecified atom stereocenters. The SMILES string of the molecule is CCCCC([NH-])=O.C[CH-]C.C[CH-]C.[C-]1=CC=CC1.[C-]1=CC=CC1.[Nb+5]. The summed E-state index contributed by atoms with van der Waals surface area (Å²) in [7, 11) is 0. The maximum Gasteiger partial charge on any atom is 5.00 e. The normalized spacial score (nSPS) is 11.4. The third-order valence-corrected chi connectivity index (χ3v) is 1.93. The first-order valence-electron chi connectivity index (χ1n) is 8.26. The van der Waals surface area contributed by atoms with Gasteiger partial charge in [-0.15, -0.1) is 12.8 Å². The third kappa shape index (κ3) is 49.7. The first-order valence-corrected chi connectivity index (χ1v) is 8.26. The molecule has 0 aromatic rings. The molecule has 2 nitrogen and oxygen atoms in total. The molecular formula is C21H34NNbO. The molecule has 3 heteroatoms. The minimum absolute atomic E-state index is 0. The van der Waals surface area contributed by atoms with E-state index in [0.29, 0.717) is 6.42 Å². The molecule has 134 valence electrons. The summed E-state index contributed by atoms with van der Waals surface area (Å²) in [5, 5.41) is 0. The van der Waals surface area contributed by atoms with Crippen molar-refractivity contribution in [3.05, 3.63) is 67.2 Å². The molecule has 0 fully saturated rings. The van der Waals surface area contributed by atoms with Crippen LogP contribution < -0.4 is 0 Å². The molecule has 2 aliphatic carbocycles. The van der Waals surface area contributed by atoms with Gasteiger partial charge >= 0.3 is 22.4 Å². The number of amides is 1. The van der Waals surface area contributed by atoms with E-state index in [4.69, 9.17) is 5.73 Å². The van der Waals surface area contributed by atoms with Crippen LogP contribution in [0.15, 0.2) is 36.5 Å². The minimum atomic E-state index is -0.443. The Kier molecular flexibility index (Phi) is 43.5. The molecule has 0 bridgehead atoms. The Bertz CT molecular complexity index is 287. The molecule has 0 radical (unpaired) electrons. The van der Waals surface area contributed by atoms with Crippen LogP contribution in [0.2, 0.25) is 0 Å². The van der Waals surface area contributed by atoms with Crippen molar-refractivity contribution in [1.82, 2.24) is 0 Å². The Morgan fingerprint density at radius 3 is 1.46 bits per heavy atom. The van der Waals surface area contributed by atoms with E-state index in [1.807, 2.05) is 71.8 Å². The molecule has 0 spiro atoms. The zero-order valence-electron chi connectivity index (χ0n) is 16.0. The van der Waals surface area contributed by atoms with Crippen molar-refractivity contribution in [2.45, 2.75) is 66.7 Å². The first kappa shape index (κ1) is 31.0. The van der Waals surface area contributed by atoms with Gasteiger partial charge < -0.3 is 23.4 Å². The van der Waals surface area contributed by atoms with E-state index >= 15 is 0 Å². The van der Waals surface area contributed by atoms with Crippen molar-refractivity contribution in [3.63, 3.8) is 0 Å². The number of hydrogen-bond acceptors (Lipinski definition) is 1. The summed E-state index contributed by atoms with van der Waals surface area (Å²) in [6, 6.07) is 0. The molecule has 0 aromatic heterocycles. The smallest absolute Gasteiger partial charge is 0.668 e. The van der Waals surface area contributed by atoms with Crippen molar-refractivity contribution in [3.8, 4) is 0 Å². The average molecular weight is 409 g/mol. The number of hydrogen-bond donors (Lipinski definition) is 0. The standard InChI is InChI=1S/C5H11NO.2C5H5.2C3H7.Nb/c1-2-3-4-5(6)7;2*1-2-4-5-3-1;2*1-3-2;/h2-4H2,1H3,(H2,6,7);2*1-3H,4H2;2*3H,1-2H3;/q;4*-1;+5/p-1. The Labute approximate surface area is 166 Å². The molecule has 0 saturated heterocycles. The Hall–Kier alpha value is -0.830. The van der Waals surface area contributed by atoms with Crippen LogP contribution >= 0.6 is 0 Å². The number of unbranched alkanes of at least 4 members (excludes halogenated alkanes) is 1. The van der Waals surface area contributed by atoms with Gasteiger partial charge in [-0.2, -0.15) is 39.8 Å². The topological polar surface area (TPSA) is 40.9 Å². The van der Waals surface area contributed by atoms with Crippen LogP contribution in [-0.2, 0) is 27.2 Å². The van der Waals surface area contributed by atoms with E-state index < -0.39 is 5.91 Å². The van der Waals surface area contributed by atoms with Crippen LogP contribution in [0.3, 0.4) is 0 Å². The van der Waals surface area contributed by atoms with Gasteiger partial charge in [0.25, 0.3) is 0 Å². The van der Waals surface area contributed by atoms with Crippen LogP contribution in [0, 0.1) is 25.0 Å². The molecule has 1 amide bonds. The molecule has 1 N–H and O–H groups in total. The molecule has 0 saturated carbocycles. The average Bonchev–Trinajstić information content (AvgIpc) is 3.23. The zero-order valence-corrected chi connectivity index (χ0v) is 18.2. The second-order valence-electron chi connectivity index (χ2n) is 4.69. The van der Waals surface area contributed by atoms with E-state index in [1.165, 1.54) is 0 Å². The molecule has 0 aromatic carbocycles. The fourth-order valence-corrected chi connectivity index (χ4v) is 1.02. The molecule has 2 aliphatic rings. The fourth-order valence-electron chi connectivity index (χ4n) is 1.02. The summed E-state index contributed by atoms with van der Waals surface area (Å²) in [6.45, 7) is 10.0. The predicted molar refractivity (Wildman–Crippen MR) is 103 cm³/mol. The van der Waals surface area contributed by atoms with Crippen molar-refractivity contribution >= 4 is 5.91 Å². The summed E-state index contributed by atoms with van der Waals surface area (Å²) in [4.78, 5) is 9.87. The molecule has 0 atom stereocenters. The van der Waals surface area contributed by atoms with E-state index in [2.05, 4.69) is 24.3 Å². The monoisotopic (exact) mass is 409 g/mol. The van der Waals surface area contributed by atoms with Crippen molar-refractivity contribution in [2.24, 2.45) is 0 Å². The molecular weight excluding hydrogens is 375 g/mol. The van der Waals surface area contributed by atoms with Gasteiger partial charge in [0, 0.05) is 5.91 Å². The van der Waals surface area contributed by atoms with E-state index in [9.17, 15) is 4.79 Å². The number of rotatable bonds is 3. The van der Waals surface area contributed by atoms with E-state index in [1.54, 1.807) is 0 Å².